The molecule has 26 heavy (non-hydrogen) atoms. The van der Waals surface area contributed by atoms with Crippen LogP contribution in [0.25, 0.3) is 0 Å². The highest BCUT2D eigenvalue weighted by molar-refractivity contribution is 7.87. The maximum Gasteiger partial charge on any atom is 0.275 e. The van der Waals surface area contributed by atoms with Crippen LogP contribution in [-0.2, 0) is 38.7 Å². The molecule has 0 bridgehead atoms. The summed E-state index contributed by atoms with van der Waals surface area (Å²) in [6.45, 7) is 0.194. The molecule has 0 aromatic heterocycles. The molecule has 9 nitrogen and oxygen atoms in total. The quantitative estimate of drug-likeness (QED) is 0.205. The van der Waals surface area contributed by atoms with Gasteiger partial charge in [0, 0.05) is 0 Å². The van der Waals surface area contributed by atoms with Crippen LogP contribution in [0, 0.1) is 0 Å². The van der Waals surface area contributed by atoms with Crippen LogP contribution >= 0.6 is 0 Å². The van der Waals surface area contributed by atoms with E-state index in [2.05, 4.69) is 8.37 Å². The smallest absolute Gasteiger partial charge is 0.275 e. The number of hydrogen-bond donors (Lipinski definition) is 1. The van der Waals surface area contributed by atoms with Crippen LogP contribution in [-0.4, -0.2) is 72.9 Å². The van der Waals surface area contributed by atoms with E-state index in [4.69, 9.17) is 4.55 Å². The Morgan fingerprint density at radius 3 is 1.35 bits per heavy atom. The van der Waals surface area contributed by atoms with E-state index in [1.165, 1.54) is 6.92 Å². The van der Waals surface area contributed by atoms with Crippen LogP contribution in [0.3, 0.4) is 0 Å². The second kappa shape index (κ2) is 12.0. The number of rotatable bonds is 11. The number of hydrogen-bond acceptors (Lipinski definition) is 8. The molecule has 0 amide bonds. The Balaban J connectivity index is 0. The molecule has 0 fully saturated rings. The summed E-state index contributed by atoms with van der Waals surface area (Å²) in [5, 5.41) is 0. The van der Waals surface area contributed by atoms with Crippen molar-refractivity contribution in [2.24, 2.45) is 0 Å². The van der Waals surface area contributed by atoms with Crippen LogP contribution in [0.4, 0.5) is 22.0 Å². The zero-order chi connectivity index (χ0) is 21.2. The van der Waals surface area contributed by atoms with Crippen molar-refractivity contribution in [1.29, 1.82) is 0 Å². The lowest BCUT2D eigenvalue weighted by atomic mass is 10.5. The molecule has 0 saturated carbocycles. The molecule has 0 radical (unpaired) electrons. The van der Waals surface area contributed by atoms with E-state index in [0.29, 0.717) is 0 Å². The van der Waals surface area contributed by atoms with Gasteiger partial charge in [0.05, 0.1) is 0 Å². The minimum absolute atomic E-state index is 0.356. The predicted octanol–water partition coefficient (Wildman–Crippen LogP) is 0.789. The van der Waals surface area contributed by atoms with Crippen LogP contribution in [0.5, 0.6) is 0 Å². The first-order chi connectivity index (χ1) is 11.5. The summed E-state index contributed by atoms with van der Waals surface area (Å²) in [5.41, 5.74) is 0. The predicted molar refractivity (Wildman–Crippen MR) is 78.2 cm³/mol. The van der Waals surface area contributed by atoms with Gasteiger partial charge in [0.1, 0.15) is 23.9 Å². The van der Waals surface area contributed by atoms with Crippen LogP contribution < -0.4 is 0 Å². The fourth-order valence-electron chi connectivity index (χ4n) is 0.964. The summed E-state index contributed by atoms with van der Waals surface area (Å²) in [6.07, 6.45) is -8.75. The molecule has 0 saturated heterocycles. The van der Waals surface area contributed by atoms with Crippen molar-refractivity contribution in [2.45, 2.75) is 32.5 Å². The zero-order valence-corrected chi connectivity index (χ0v) is 15.5. The van der Waals surface area contributed by atoms with E-state index >= 15 is 0 Å². The molecule has 0 spiro atoms. The molecular formula is C9H17F5O9S3. The Bertz CT molecular complexity index is 648. The van der Waals surface area contributed by atoms with Crippen molar-refractivity contribution in [3.63, 3.8) is 0 Å². The van der Waals surface area contributed by atoms with Crippen LogP contribution in [0.1, 0.15) is 13.3 Å². The highest BCUT2D eigenvalue weighted by atomic mass is 32.2. The lowest BCUT2D eigenvalue weighted by Gasteiger charge is -2.15. The van der Waals surface area contributed by atoms with Crippen molar-refractivity contribution in [3.8, 4) is 0 Å². The van der Waals surface area contributed by atoms with Gasteiger partial charge < -0.3 is 0 Å². The summed E-state index contributed by atoms with van der Waals surface area (Å²) < 4.78 is 137. The summed E-state index contributed by atoms with van der Waals surface area (Å²) in [4.78, 5) is 0. The molecule has 0 unspecified atom stereocenters. The summed E-state index contributed by atoms with van der Waals surface area (Å²) in [6, 6.07) is 0. The van der Waals surface area contributed by atoms with Gasteiger partial charge in [0.25, 0.3) is 43.2 Å². The summed E-state index contributed by atoms with van der Waals surface area (Å²) in [5.74, 6) is -4.10. The minimum atomic E-state index is -4.72. The Morgan fingerprint density at radius 2 is 1.19 bits per heavy atom. The number of alkyl halides is 5. The monoisotopic (exact) mass is 460 g/mol. The van der Waals surface area contributed by atoms with E-state index in [1.807, 2.05) is 0 Å². The molecule has 0 atom stereocenters. The van der Waals surface area contributed by atoms with Gasteiger partial charge in [0.2, 0.25) is 0 Å². The summed E-state index contributed by atoms with van der Waals surface area (Å²) >= 11 is 0. The molecule has 160 valence electrons. The largest absolute Gasteiger partial charge is 0.285 e. The first-order valence-corrected chi connectivity index (χ1v) is 11.2. The van der Waals surface area contributed by atoms with E-state index in [-0.39, 0.29) is 6.42 Å². The second-order valence-corrected chi connectivity index (χ2v) is 9.09. The first-order valence-electron chi connectivity index (χ1n) is 6.43. The topological polar surface area (TPSA) is 141 Å². The van der Waals surface area contributed by atoms with Crippen molar-refractivity contribution in [1.82, 2.24) is 0 Å². The average Bonchev–Trinajstić information content (AvgIpc) is 2.32. The Labute approximate surface area is 147 Å². The third kappa shape index (κ3) is 18.2. The lowest BCUT2D eigenvalue weighted by molar-refractivity contribution is 0.0117. The number of halogens is 5. The third-order valence-electron chi connectivity index (χ3n) is 1.84. The van der Waals surface area contributed by atoms with Crippen molar-refractivity contribution in [2.75, 3.05) is 23.9 Å². The molecule has 0 aliphatic heterocycles. The molecule has 0 aromatic carbocycles. The maximum atomic E-state index is 11.9. The van der Waals surface area contributed by atoms with Gasteiger partial charge >= 0.3 is 0 Å². The molecule has 0 aromatic rings. The van der Waals surface area contributed by atoms with E-state index < -0.39 is 73.4 Å². The Hall–Kier alpha value is -0.620. The fraction of sp³-hybridized carbons (Fsp3) is 1.00. The Morgan fingerprint density at radius 1 is 0.846 bits per heavy atom. The lowest BCUT2D eigenvalue weighted by Crippen LogP contribution is -2.29. The molecule has 0 heterocycles. The van der Waals surface area contributed by atoms with E-state index in [9.17, 15) is 47.2 Å². The van der Waals surface area contributed by atoms with Crippen molar-refractivity contribution < 1.29 is 60.1 Å². The van der Waals surface area contributed by atoms with Gasteiger partial charge in [-0.3, -0.25) is 4.55 Å². The highest BCUT2D eigenvalue weighted by Gasteiger charge is 2.28. The second-order valence-electron chi connectivity index (χ2n) is 4.24. The molecule has 0 aliphatic rings. The molecule has 0 rings (SSSR count). The van der Waals surface area contributed by atoms with Gasteiger partial charge in [-0.05, 0) is 6.42 Å². The third-order valence-corrected chi connectivity index (χ3v) is 4.84. The van der Waals surface area contributed by atoms with Crippen molar-refractivity contribution >= 4 is 30.4 Å². The fourth-order valence-corrected chi connectivity index (χ4v) is 2.99. The first kappa shape index (κ1) is 27.6. The van der Waals surface area contributed by atoms with Gasteiger partial charge in [-0.1, -0.05) is 6.92 Å². The summed E-state index contributed by atoms with van der Waals surface area (Å²) in [7, 11) is -13.5. The van der Waals surface area contributed by atoms with E-state index in [1.54, 1.807) is 0 Å². The van der Waals surface area contributed by atoms with Crippen molar-refractivity contribution in [3.05, 3.63) is 0 Å². The van der Waals surface area contributed by atoms with Gasteiger partial charge in [0.15, 0.2) is 6.29 Å². The molecule has 17 heteroatoms. The zero-order valence-electron chi connectivity index (χ0n) is 13.1. The van der Waals surface area contributed by atoms with Gasteiger partial charge in [-0.2, -0.15) is 25.3 Å². The molecule has 0 aliphatic carbocycles. The van der Waals surface area contributed by atoms with Crippen LogP contribution in [0.2, 0.25) is 0 Å². The van der Waals surface area contributed by atoms with E-state index in [0.717, 1.165) is 0 Å². The Kier molecular flexibility index (Phi) is 12.7. The van der Waals surface area contributed by atoms with Gasteiger partial charge in [-0.25, -0.2) is 30.3 Å². The molecule has 1 N–H and O–H groups in total. The average molecular weight is 460 g/mol. The molecular weight excluding hydrogens is 443 g/mol. The normalized spacial score (nSPS) is 13.2. The standard InChI is InChI=1S/C7H12F4O6S2.C2H5FO3S/c1-2-7(16-18(12,13)3-5(8)9)17-19(14,15)4-6(10)11;3-1-2-7(4,5)6/h5-7H,2-4H2,1H3;1-2H2,(H,4,5,6). The maximum absolute atomic E-state index is 11.9. The SMILES string of the molecule is CCC(OS(=O)(=O)CC(F)F)OS(=O)(=O)CC(F)F.O=S(=O)(O)CCF. The minimum Gasteiger partial charge on any atom is -0.285 e. The highest BCUT2D eigenvalue weighted by Crippen LogP contribution is 2.13. The van der Waals surface area contributed by atoms with Crippen LogP contribution in [0.15, 0.2) is 0 Å². The van der Waals surface area contributed by atoms with Gasteiger partial charge in [-0.15, -0.1) is 0 Å².